The van der Waals surface area contributed by atoms with Gasteiger partial charge in [0, 0.05) is 6.92 Å². The average Bonchev–Trinajstić information content (AvgIpc) is 2.38. The van der Waals surface area contributed by atoms with Crippen molar-refractivity contribution in [1.29, 1.82) is 0 Å². The van der Waals surface area contributed by atoms with Gasteiger partial charge in [-0.3, -0.25) is 15.2 Å². The summed E-state index contributed by atoms with van der Waals surface area (Å²) >= 11 is 0. The third kappa shape index (κ3) is 2.88. The highest BCUT2D eigenvalue weighted by atomic mass is 16.2. The smallest absolute Gasteiger partial charge is 0.235 e. The van der Waals surface area contributed by atoms with E-state index in [4.69, 9.17) is 0 Å². The molecule has 1 amide bonds. The lowest BCUT2D eigenvalue weighted by molar-refractivity contribution is -0.118. The molecule has 0 aromatic heterocycles. The van der Waals surface area contributed by atoms with Crippen LogP contribution in [-0.4, -0.2) is 5.91 Å². The van der Waals surface area contributed by atoms with Gasteiger partial charge in [0.2, 0.25) is 5.91 Å². The minimum atomic E-state index is -0.0978. The molecule has 2 rings (SSSR count). The monoisotopic (exact) mass is 240 g/mol. The Balaban J connectivity index is 2.36. The fourth-order valence-electron chi connectivity index (χ4n) is 1.71. The molecular formula is C15H16N2O. The highest BCUT2D eigenvalue weighted by Crippen LogP contribution is 2.23. The molecule has 0 unspecified atom stereocenters. The Morgan fingerprint density at radius 3 is 2.06 bits per heavy atom. The molecule has 2 aromatic rings. The number of carbonyl (C=O) groups excluding carboxylic acids is 1. The standard InChI is InChI=1S/C15H16N2O/c1-12-8-10-15(11-9-12)17(16-13(2)18)14-6-4-3-5-7-14/h3-11H,1-2H3,(H,16,18). The summed E-state index contributed by atoms with van der Waals surface area (Å²) in [7, 11) is 0. The van der Waals surface area contributed by atoms with Gasteiger partial charge in [-0.05, 0) is 31.2 Å². The maximum absolute atomic E-state index is 11.3. The summed E-state index contributed by atoms with van der Waals surface area (Å²) in [5.74, 6) is -0.0978. The molecule has 0 atom stereocenters. The van der Waals surface area contributed by atoms with Crippen LogP contribution in [0.4, 0.5) is 11.4 Å². The molecule has 0 bridgehead atoms. The van der Waals surface area contributed by atoms with Gasteiger partial charge in [0.25, 0.3) is 0 Å². The number of benzene rings is 2. The summed E-state index contributed by atoms with van der Waals surface area (Å²) in [5.41, 5.74) is 5.88. The molecule has 0 spiro atoms. The lowest BCUT2D eigenvalue weighted by atomic mass is 10.2. The van der Waals surface area contributed by atoms with Crippen LogP contribution >= 0.6 is 0 Å². The van der Waals surface area contributed by atoms with E-state index in [1.54, 1.807) is 5.01 Å². The van der Waals surface area contributed by atoms with E-state index in [0.29, 0.717) is 0 Å². The SMILES string of the molecule is CC(=O)NN(c1ccccc1)c1ccc(C)cc1. The van der Waals surface area contributed by atoms with Crippen LogP contribution in [-0.2, 0) is 4.79 Å². The largest absolute Gasteiger partial charge is 0.274 e. The first-order valence-electron chi connectivity index (χ1n) is 5.86. The van der Waals surface area contributed by atoms with E-state index in [1.807, 2.05) is 61.5 Å². The maximum atomic E-state index is 11.3. The number of anilines is 2. The molecule has 0 heterocycles. The summed E-state index contributed by atoms with van der Waals surface area (Å²) in [6.07, 6.45) is 0. The molecular weight excluding hydrogens is 224 g/mol. The van der Waals surface area contributed by atoms with Crippen molar-refractivity contribution < 1.29 is 4.79 Å². The number of hydrogen-bond acceptors (Lipinski definition) is 2. The fourth-order valence-corrected chi connectivity index (χ4v) is 1.71. The van der Waals surface area contributed by atoms with E-state index in [9.17, 15) is 4.79 Å². The van der Waals surface area contributed by atoms with Gasteiger partial charge in [-0.25, -0.2) is 0 Å². The van der Waals surface area contributed by atoms with E-state index >= 15 is 0 Å². The number of hydrogen-bond donors (Lipinski definition) is 1. The first-order valence-corrected chi connectivity index (χ1v) is 5.86. The van der Waals surface area contributed by atoms with Crippen LogP contribution in [0.5, 0.6) is 0 Å². The Hall–Kier alpha value is -2.29. The zero-order valence-corrected chi connectivity index (χ0v) is 10.6. The number of nitrogens with zero attached hydrogens (tertiary/aromatic N) is 1. The minimum absolute atomic E-state index is 0.0978. The van der Waals surface area contributed by atoms with Crippen LogP contribution in [0.2, 0.25) is 0 Å². The number of nitrogens with one attached hydrogen (secondary N) is 1. The number of para-hydroxylation sites is 1. The molecule has 92 valence electrons. The van der Waals surface area contributed by atoms with E-state index in [2.05, 4.69) is 5.43 Å². The third-order valence-electron chi connectivity index (χ3n) is 2.58. The second-order valence-electron chi connectivity index (χ2n) is 4.17. The first-order chi connectivity index (χ1) is 8.66. The second kappa shape index (κ2) is 5.36. The number of amides is 1. The Labute approximate surface area is 107 Å². The molecule has 18 heavy (non-hydrogen) atoms. The summed E-state index contributed by atoms with van der Waals surface area (Å²) in [4.78, 5) is 11.3. The summed E-state index contributed by atoms with van der Waals surface area (Å²) in [5, 5.41) is 1.78. The molecule has 1 N–H and O–H groups in total. The predicted molar refractivity (Wildman–Crippen MR) is 73.6 cm³/mol. The Morgan fingerprint density at radius 1 is 0.944 bits per heavy atom. The van der Waals surface area contributed by atoms with Crippen molar-refractivity contribution in [2.45, 2.75) is 13.8 Å². The second-order valence-corrected chi connectivity index (χ2v) is 4.17. The zero-order valence-electron chi connectivity index (χ0n) is 10.6. The van der Waals surface area contributed by atoms with Crippen molar-refractivity contribution in [3.8, 4) is 0 Å². The molecule has 0 aliphatic rings. The van der Waals surface area contributed by atoms with Crippen molar-refractivity contribution in [1.82, 2.24) is 5.43 Å². The lowest BCUT2D eigenvalue weighted by Crippen LogP contribution is -2.37. The molecule has 2 aromatic carbocycles. The zero-order chi connectivity index (χ0) is 13.0. The van der Waals surface area contributed by atoms with Gasteiger partial charge in [0.15, 0.2) is 0 Å². The molecule has 3 heteroatoms. The van der Waals surface area contributed by atoms with Gasteiger partial charge in [0.1, 0.15) is 0 Å². The minimum Gasteiger partial charge on any atom is -0.274 e. The normalized spacial score (nSPS) is 9.89. The highest BCUT2D eigenvalue weighted by molar-refractivity contribution is 5.78. The van der Waals surface area contributed by atoms with Crippen molar-refractivity contribution in [3.05, 3.63) is 60.2 Å². The average molecular weight is 240 g/mol. The van der Waals surface area contributed by atoms with E-state index < -0.39 is 0 Å². The number of rotatable bonds is 3. The lowest BCUT2D eigenvalue weighted by Gasteiger charge is -2.24. The van der Waals surface area contributed by atoms with Gasteiger partial charge in [0.05, 0.1) is 11.4 Å². The molecule has 0 fully saturated rings. The van der Waals surface area contributed by atoms with Crippen molar-refractivity contribution in [3.63, 3.8) is 0 Å². The Morgan fingerprint density at radius 2 is 1.50 bits per heavy atom. The number of carbonyl (C=O) groups is 1. The third-order valence-corrected chi connectivity index (χ3v) is 2.58. The van der Waals surface area contributed by atoms with Crippen LogP contribution in [0.3, 0.4) is 0 Å². The molecule has 3 nitrogen and oxygen atoms in total. The van der Waals surface area contributed by atoms with Crippen molar-refractivity contribution >= 4 is 17.3 Å². The van der Waals surface area contributed by atoms with Gasteiger partial charge < -0.3 is 0 Å². The Bertz CT molecular complexity index is 520. The first kappa shape index (κ1) is 12.2. The molecule has 0 aliphatic heterocycles. The predicted octanol–water partition coefficient (Wildman–Crippen LogP) is 3.18. The summed E-state index contributed by atoms with van der Waals surface area (Å²) < 4.78 is 0. The summed E-state index contributed by atoms with van der Waals surface area (Å²) in [6.45, 7) is 3.54. The summed E-state index contributed by atoms with van der Waals surface area (Å²) in [6, 6.07) is 17.8. The van der Waals surface area contributed by atoms with Crippen LogP contribution in [0.25, 0.3) is 0 Å². The quantitative estimate of drug-likeness (QED) is 0.836. The van der Waals surface area contributed by atoms with Gasteiger partial charge in [-0.2, -0.15) is 0 Å². The number of aryl methyl sites for hydroxylation is 1. The topological polar surface area (TPSA) is 32.3 Å². The number of hydrazine groups is 1. The Kier molecular flexibility index (Phi) is 3.63. The molecule has 0 saturated carbocycles. The van der Waals surface area contributed by atoms with Crippen molar-refractivity contribution in [2.75, 3.05) is 5.01 Å². The van der Waals surface area contributed by atoms with Crippen LogP contribution < -0.4 is 10.4 Å². The van der Waals surface area contributed by atoms with E-state index in [0.717, 1.165) is 11.4 Å². The van der Waals surface area contributed by atoms with Crippen LogP contribution in [0.1, 0.15) is 12.5 Å². The van der Waals surface area contributed by atoms with Gasteiger partial charge in [-0.1, -0.05) is 35.9 Å². The van der Waals surface area contributed by atoms with E-state index in [1.165, 1.54) is 12.5 Å². The maximum Gasteiger partial charge on any atom is 0.235 e. The molecule has 0 radical (unpaired) electrons. The van der Waals surface area contributed by atoms with E-state index in [-0.39, 0.29) is 5.91 Å². The highest BCUT2D eigenvalue weighted by Gasteiger charge is 2.09. The molecule has 0 aliphatic carbocycles. The van der Waals surface area contributed by atoms with Crippen LogP contribution in [0, 0.1) is 6.92 Å². The van der Waals surface area contributed by atoms with Crippen LogP contribution in [0.15, 0.2) is 54.6 Å². The van der Waals surface area contributed by atoms with Crippen molar-refractivity contribution in [2.24, 2.45) is 0 Å². The van der Waals surface area contributed by atoms with Gasteiger partial charge >= 0.3 is 0 Å². The van der Waals surface area contributed by atoms with Gasteiger partial charge in [-0.15, -0.1) is 0 Å². The molecule has 0 saturated heterocycles. The fraction of sp³-hybridized carbons (Fsp3) is 0.133.